The highest BCUT2D eigenvalue weighted by Crippen LogP contribution is 2.24. The molecule has 0 saturated carbocycles. The lowest BCUT2D eigenvalue weighted by Gasteiger charge is -2.37. The van der Waals surface area contributed by atoms with Crippen LogP contribution in [-0.4, -0.2) is 60.0 Å². The summed E-state index contributed by atoms with van der Waals surface area (Å²) in [6, 6.07) is 8.34. The van der Waals surface area contributed by atoms with Gasteiger partial charge in [-0.2, -0.15) is 0 Å². The number of aryl methyl sites for hydroxylation is 1. The van der Waals surface area contributed by atoms with Crippen molar-refractivity contribution in [3.63, 3.8) is 0 Å². The number of pyridine rings is 1. The molecule has 1 amide bonds. The molecule has 1 aromatic heterocycles. The van der Waals surface area contributed by atoms with Crippen molar-refractivity contribution in [3.8, 4) is 5.75 Å². The van der Waals surface area contributed by atoms with Gasteiger partial charge < -0.3 is 14.5 Å². The first kappa shape index (κ1) is 21.5. The molecule has 0 bridgehead atoms. The number of aromatic nitrogens is 1. The van der Waals surface area contributed by atoms with Crippen LogP contribution in [0.5, 0.6) is 5.75 Å². The van der Waals surface area contributed by atoms with Crippen LogP contribution < -0.4 is 4.74 Å². The summed E-state index contributed by atoms with van der Waals surface area (Å²) in [4.78, 5) is 22.2. The maximum Gasteiger partial charge on any atom is 0.255 e. The van der Waals surface area contributed by atoms with Gasteiger partial charge in [-0.15, -0.1) is 12.4 Å². The minimum atomic E-state index is 0. The van der Waals surface area contributed by atoms with Crippen LogP contribution >= 0.6 is 12.4 Å². The Balaban J connectivity index is 0.00000261. The van der Waals surface area contributed by atoms with E-state index < -0.39 is 0 Å². The van der Waals surface area contributed by atoms with Gasteiger partial charge in [0.1, 0.15) is 5.75 Å². The molecule has 0 N–H and O–H groups in total. The first-order chi connectivity index (χ1) is 12.6. The van der Waals surface area contributed by atoms with Crippen LogP contribution in [0.15, 0.2) is 24.3 Å². The fourth-order valence-electron chi connectivity index (χ4n) is 3.93. The molecule has 27 heavy (non-hydrogen) atoms. The van der Waals surface area contributed by atoms with E-state index in [9.17, 15) is 4.79 Å². The van der Waals surface area contributed by atoms with Gasteiger partial charge in [-0.25, -0.2) is 0 Å². The van der Waals surface area contributed by atoms with Gasteiger partial charge in [-0.1, -0.05) is 13.8 Å². The molecule has 148 valence electrons. The molecular weight excluding hydrogens is 362 g/mol. The smallest absolute Gasteiger partial charge is 0.255 e. The number of carbonyl (C=O) groups excluding carboxylic acids is 1. The number of methoxy groups -OCH3 is 1. The molecule has 5 nitrogen and oxygen atoms in total. The van der Waals surface area contributed by atoms with Crippen molar-refractivity contribution in [2.24, 2.45) is 0 Å². The van der Waals surface area contributed by atoms with Gasteiger partial charge in [0.05, 0.1) is 23.9 Å². The first-order valence-electron chi connectivity index (χ1n) is 9.56. The van der Waals surface area contributed by atoms with Crippen molar-refractivity contribution in [1.29, 1.82) is 0 Å². The molecule has 0 unspecified atom stereocenters. The molecule has 0 spiro atoms. The van der Waals surface area contributed by atoms with E-state index in [1.807, 2.05) is 36.1 Å². The monoisotopic (exact) mass is 391 g/mol. The number of amides is 1. The van der Waals surface area contributed by atoms with Crippen LogP contribution in [0.25, 0.3) is 10.9 Å². The molecular formula is C21H30ClN3O2. The lowest BCUT2D eigenvalue weighted by molar-refractivity contribution is 0.0630. The molecule has 1 aliphatic rings. The van der Waals surface area contributed by atoms with Gasteiger partial charge in [0.15, 0.2) is 0 Å². The fourth-order valence-corrected chi connectivity index (χ4v) is 3.93. The number of nitrogens with zero attached hydrogens (tertiary/aromatic N) is 3. The zero-order valence-corrected chi connectivity index (χ0v) is 17.5. The topological polar surface area (TPSA) is 45.7 Å². The number of likely N-dealkylation sites (tertiary alicyclic amines) is 1. The molecule has 1 aliphatic heterocycles. The second-order valence-electron chi connectivity index (χ2n) is 6.92. The maximum absolute atomic E-state index is 13.1. The van der Waals surface area contributed by atoms with E-state index in [4.69, 9.17) is 4.74 Å². The Kier molecular flexibility index (Phi) is 7.45. The summed E-state index contributed by atoms with van der Waals surface area (Å²) < 4.78 is 5.26. The largest absolute Gasteiger partial charge is 0.497 e. The number of hydrogen-bond acceptors (Lipinski definition) is 4. The number of ether oxygens (including phenoxy) is 1. The number of hydrogen-bond donors (Lipinski definition) is 0. The van der Waals surface area contributed by atoms with Crippen molar-refractivity contribution in [2.45, 2.75) is 39.7 Å². The van der Waals surface area contributed by atoms with Gasteiger partial charge in [0.25, 0.3) is 5.91 Å². The van der Waals surface area contributed by atoms with Crippen molar-refractivity contribution < 1.29 is 9.53 Å². The summed E-state index contributed by atoms with van der Waals surface area (Å²) in [6.07, 6.45) is 2.09. The van der Waals surface area contributed by atoms with E-state index in [2.05, 4.69) is 23.7 Å². The zero-order chi connectivity index (χ0) is 18.7. The van der Waals surface area contributed by atoms with Crippen molar-refractivity contribution in [2.75, 3.05) is 33.3 Å². The van der Waals surface area contributed by atoms with E-state index in [1.54, 1.807) is 7.11 Å². The molecule has 3 rings (SSSR count). The Morgan fingerprint density at radius 2 is 1.89 bits per heavy atom. The molecule has 1 fully saturated rings. The predicted molar refractivity (Wildman–Crippen MR) is 112 cm³/mol. The number of fused-ring (bicyclic) bond motifs is 1. The second kappa shape index (κ2) is 9.38. The average Bonchev–Trinajstić information content (AvgIpc) is 2.68. The SMILES string of the molecule is CCN(CC)C1CCN(C(=O)c2cc3ccc(OC)cc3nc2C)CC1.Cl. The number of halogens is 1. The standard InChI is InChI=1S/C21H29N3O2.ClH/c1-5-23(6-2)17-9-11-24(12-10-17)21(25)19-13-16-7-8-18(26-4)14-20(16)22-15(19)3;/h7-8,13-14,17H,5-6,9-12H2,1-4H3;1H. The highest BCUT2D eigenvalue weighted by atomic mass is 35.5. The zero-order valence-electron chi connectivity index (χ0n) is 16.7. The van der Waals surface area contributed by atoms with Gasteiger partial charge >= 0.3 is 0 Å². The van der Waals surface area contributed by atoms with Crippen LogP contribution in [0, 0.1) is 6.92 Å². The van der Waals surface area contributed by atoms with Crippen LogP contribution in [0.1, 0.15) is 42.7 Å². The van der Waals surface area contributed by atoms with E-state index in [0.29, 0.717) is 11.6 Å². The second-order valence-corrected chi connectivity index (χ2v) is 6.92. The first-order valence-corrected chi connectivity index (χ1v) is 9.56. The normalized spacial score (nSPS) is 15.1. The summed E-state index contributed by atoms with van der Waals surface area (Å²) in [5.74, 6) is 0.882. The van der Waals surface area contributed by atoms with Gasteiger partial charge in [-0.3, -0.25) is 9.78 Å². The van der Waals surface area contributed by atoms with E-state index >= 15 is 0 Å². The van der Waals surface area contributed by atoms with Crippen LogP contribution in [-0.2, 0) is 0 Å². The predicted octanol–water partition coefficient (Wildman–Crippen LogP) is 3.92. The summed E-state index contributed by atoms with van der Waals surface area (Å²) >= 11 is 0. The Labute approximate surface area is 168 Å². The van der Waals surface area contributed by atoms with Crippen LogP contribution in [0.2, 0.25) is 0 Å². The maximum atomic E-state index is 13.1. The fraction of sp³-hybridized carbons (Fsp3) is 0.524. The Morgan fingerprint density at radius 1 is 1.22 bits per heavy atom. The highest BCUT2D eigenvalue weighted by molar-refractivity contribution is 5.98. The average molecular weight is 392 g/mol. The third kappa shape index (κ3) is 4.53. The molecule has 2 heterocycles. The minimum absolute atomic E-state index is 0. The number of carbonyl (C=O) groups is 1. The minimum Gasteiger partial charge on any atom is -0.497 e. The van der Waals surface area contributed by atoms with E-state index in [-0.39, 0.29) is 18.3 Å². The van der Waals surface area contributed by atoms with Crippen molar-refractivity contribution in [3.05, 3.63) is 35.5 Å². The molecule has 2 aromatic rings. The number of piperidine rings is 1. The van der Waals surface area contributed by atoms with Crippen molar-refractivity contribution >= 4 is 29.2 Å². The molecule has 1 aromatic carbocycles. The summed E-state index contributed by atoms with van der Waals surface area (Å²) in [5, 5.41) is 0.970. The van der Waals surface area contributed by atoms with E-state index in [1.165, 1.54) is 0 Å². The molecule has 1 saturated heterocycles. The quantitative estimate of drug-likeness (QED) is 0.774. The van der Waals surface area contributed by atoms with Gasteiger partial charge in [-0.05, 0) is 51.1 Å². The Morgan fingerprint density at radius 3 is 2.48 bits per heavy atom. The molecule has 0 atom stereocenters. The summed E-state index contributed by atoms with van der Waals surface area (Å²) in [5.41, 5.74) is 2.35. The third-order valence-electron chi connectivity index (χ3n) is 5.53. The van der Waals surface area contributed by atoms with Gasteiger partial charge in [0.2, 0.25) is 0 Å². The Bertz CT molecular complexity index is 784. The van der Waals surface area contributed by atoms with Crippen LogP contribution in [0.3, 0.4) is 0 Å². The third-order valence-corrected chi connectivity index (χ3v) is 5.53. The molecule has 6 heteroatoms. The van der Waals surface area contributed by atoms with Crippen molar-refractivity contribution in [1.82, 2.24) is 14.8 Å². The van der Waals surface area contributed by atoms with Crippen LogP contribution in [0.4, 0.5) is 0 Å². The molecule has 0 radical (unpaired) electrons. The summed E-state index contributed by atoms with van der Waals surface area (Å²) in [6.45, 7) is 10.1. The lowest BCUT2D eigenvalue weighted by Crippen LogP contribution is -2.46. The summed E-state index contributed by atoms with van der Waals surface area (Å²) in [7, 11) is 1.65. The lowest BCUT2D eigenvalue weighted by atomic mass is 10.0. The molecule has 0 aliphatic carbocycles. The Hall–Kier alpha value is -1.85. The number of benzene rings is 1. The highest BCUT2D eigenvalue weighted by Gasteiger charge is 2.27. The van der Waals surface area contributed by atoms with E-state index in [0.717, 1.165) is 61.4 Å². The number of rotatable bonds is 5. The van der Waals surface area contributed by atoms with Gasteiger partial charge in [0, 0.05) is 30.6 Å².